The summed E-state index contributed by atoms with van der Waals surface area (Å²) in [5.74, 6) is 1.76. The molecule has 1 aliphatic heterocycles. The number of halogens is 2. The Balaban J connectivity index is 1.37. The van der Waals surface area contributed by atoms with Crippen LogP contribution < -0.4 is 14.2 Å². The van der Waals surface area contributed by atoms with Crippen LogP contribution in [0.4, 0.5) is 5.69 Å². The van der Waals surface area contributed by atoms with E-state index in [1.165, 1.54) is 0 Å². The highest BCUT2D eigenvalue weighted by Crippen LogP contribution is 2.42. The van der Waals surface area contributed by atoms with Crippen LogP contribution in [0.1, 0.15) is 58.3 Å². The van der Waals surface area contributed by atoms with Crippen molar-refractivity contribution in [2.75, 3.05) is 17.2 Å². The molecular formula is C40H40Br2N2O5S. The Morgan fingerprint density at radius 3 is 2.10 bits per heavy atom. The molecule has 0 aliphatic carbocycles. The minimum Gasteiger partial charge on any atom is -0.748 e. The average Bonchev–Trinajstić information content (AvgIpc) is 3.62. The van der Waals surface area contributed by atoms with Crippen molar-refractivity contribution in [2.24, 2.45) is 0 Å². The van der Waals surface area contributed by atoms with Gasteiger partial charge in [-0.3, -0.25) is 0 Å². The first-order valence-corrected chi connectivity index (χ1v) is 20.2. The standard InChI is InChI=1S/C40H40Br2N2O5S/c1-3-5-6-21-43-35-26-31(29-9-15-33(41)16-10-29)13-19-37(35)48-39(43)24-28(4-2)25-40-44(22-7-8-23-50(45,46)47)36-27-32(14-20-38(36)49-40)30-11-17-34(42)18-12-30/h9-20,24-27H,3-8,21-23H2,1-2H3. The van der Waals surface area contributed by atoms with Crippen molar-refractivity contribution in [1.29, 1.82) is 0 Å². The predicted molar refractivity (Wildman–Crippen MR) is 207 cm³/mol. The topological polar surface area (TPSA) is 86.7 Å². The molecule has 0 atom stereocenters. The van der Waals surface area contributed by atoms with Gasteiger partial charge in [-0.2, -0.15) is 4.57 Å². The lowest BCUT2D eigenvalue weighted by Crippen LogP contribution is -2.35. The first kappa shape index (κ1) is 36.1. The Hall–Kier alpha value is -3.70. The van der Waals surface area contributed by atoms with Gasteiger partial charge >= 0.3 is 5.89 Å². The Morgan fingerprint density at radius 2 is 1.46 bits per heavy atom. The minimum atomic E-state index is -4.28. The number of aryl methyl sites for hydroxylation is 1. The van der Waals surface area contributed by atoms with Gasteiger partial charge in [0.2, 0.25) is 11.5 Å². The van der Waals surface area contributed by atoms with Gasteiger partial charge in [-0.05, 0) is 96.0 Å². The third kappa shape index (κ3) is 8.77. The number of anilines is 1. The molecule has 0 radical (unpaired) electrons. The number of rotatable bonds is 14. The molecule has 10 heteroatoms. The Bertz CT molecular complexity index is 2140. The van der Waals surface area contributed by atoms with E-state index in [-0.39, 0.29) is 12.2 Å². The van der Waals surface area contributed by atoms with Crippen molar-refractivity contribution in [3.63, 3.8) is 0 Å². The summed E-state index contributed by atoms with van der Waals surface area (Å²) < 4.78 is 51.3. The molecule has 5 aromatic rings. The van der Waals surface area contributed by atoms with E-state index in [1.807, 2.05) is 36.4 Å². The van der Waals surface area contributed by atoms with E-state index in [4.69, 9.17) is 9.15 Å². The summed E-state index contributed by atoms with van der Waals surface area (Å²) in [6.45, 7) is 5.64. The molecular weight excluding hydrogens is 780 g/mol. The zero-order valence-corrected chi connectivity index (χ0v) is 32.2. The van der Waals surface area contributed by atoms with Gasteiger partial charge in [0.15, 0.2) is 12.3 Å². The first-order chi connectivity index (χ1) is 24.1. The Kier molecular flexibility index (Phi) is 11.6. The fourth-order valence-electron chi connectivity index (χ4n) is 6.15. The number of ether oxygens (including phenoxy) is 1. The maximum Gasteiger partial charge on any atom is 0.374 e. The molecule has 6 rings (SSSR count). The zero-order chi connectivity index (χ0) is 35.3. The van der Waals surface area contributed by atoms with Crippen molar-refractivity contribution < 1.29 is 26.7 Å². The lowest BCUT2D eigenvalue weighted by Gasteiger charge is -2.19. The summed E-state index contributed by atoms with van der Waals surface area (Å²) in [6, 6.07) is 29.0. The van der Waals surface area contributed by atoms with Crippen molar-refractivity contribution in [3.05, 3.63) is 117 Å². The van der Waals surface area contributed by atoms with Crippen LogP contribution in [0, 0.1) is 0 Å². The van der Waals surface area contributed by atoms with Crippen LogP contribution in [0.25, 0.3) is 39.4 Å². The van der Waals surface area contributed by atoms with E-state index >= 15 is 0 Å². The van der Waals surface area contributed by atoms with E-state index in [9.17, 15) is 13.0 Å². The number of allylic oxidation sites excluding steroid dienone is 2. The second-order valence-electron chi connectivity index (χ2n) is 12.5. The highest BCUT2D eigenvalue weighted by molar-refractivity contribution is 9.10. The summed E-state index contributed by atoms with van der Waals surface area (Å²) in [4.78, 5) is 2.08. The van der Waals surface area contributed by atoms with Gasteiger partial charge in [-0.15, -0.1) is 0 Å². The third-order valence-electron chi connectivity index (χ3n) is 8.85. The molecule has 0 fully saturated rings. The molecule has 50 heavy (non-hydrogen) atoms. The number of hydrogen-bond acceptors (Lipinski definition) is 6. The predicted octanol–water partition coefficient (Wildman–Crippen LogP) is 10.6. The van der Waals surface area contributed by atoms with Crippen LogP contribution in [0.5, 0.6) is 5.75 Å². The Labute approximate surface area is 311 Å². The van der Waals surface area contributed by atoms with Crippen LogP contribution in [0.2, 0.25) is 0 Å². The molecule has 260 valence electrons. The van der Waals surface area contributed by atoms with E-state index in [0.717, 1.165) is 97.4 Å². The van der Waals surface area contributed by atoms with Gasteiger partial charge in [-0.25, -0.2) is 8.42 Å². The molecule has 0 amide bonds. The second-order valence-corrected chi connectivity index (χ2v) is 15.8. The first-order valence-electron chi connectivity index (χ1n) is 17.1. The molecule has 0 spiro atoms. The summed E-state index contributed by atoms with van der Waals surface area (Å²) in [5.41, 5.74) is 8.18. The van der Waals surface area contributed by atoms with Gasteiger partial charge in [0, 0.05) is 39.8 Å². The van der Waals surface area contributed by atoms with Crippen LogP contribution in [0.3, 0.4) is 0 Å². The van der Waals surface area contributed by atoms with Crippen LogP contribution in [-0.4, -0.2) is 25.3 Å². The number of aromatic nitrogens is 1. The fourth-order valence-corrected chi connectivity index (χ4v) is 7.24. The number of unbranched alkanes of at least 4 members (excludes halogenated alkanes) is 3. The average molecular weight is 821 g/mol. The lowest BCUT2D eigenvalue weighted by atomic mass is 10.0. The highest BCUT2D eigenvalue weighted by Gasteiger charge is 2.28. The molecule has 0 saturated carbocycles. The van der Waals surface area contributed by atoms with E-state index in [0.29, 0.717) is 18.8 Å². The van der Waals surface area contributed by atoms with Crippen molar-refractivity contribution in [3.8, 4) is 28.0 Å². The number of hydrogen-bond donors (Lipinski definition) is 0. The summed E-state index contributed by atoms with van der Waals surface area (Å²) in [5, 5.41) is 0. The largest absolute Gasteiger partial charge is 0.748 e. The minimum absolute atomic E-state index is 0.271. The van der Waals surface area contributed by atoms with Crippen LogP contribution in [0.15, 0.2) is 116 Å². The fraction of sp³-hybridized carbons (Fsp3) is 0.275. The number of benzene rings is 4. The monoisotopic (exact) mass is 818 g/mol. The van der Waals surface area contributed by atoms with Gasteiger partial charge < -0.3 is 18.6 Å². The van der Waals surface area contributed by atoms with Crippen LogP contribution >= 0.6 is 31.9 Å². The number of nitrogens with zero attached hydrogens (tertiary/aromatic N) is 2. The van der Waals surface area contributed by atoms with Crippen molar-refractivity contribution in [2.45, 2.75) is 58.9 Å². The second kappa shape index (κ2) is 16.1. The quantitative estimate of drug-likeness (QED) is 0.0630. The Morgan fingerprint density at radius 1 is 0.820 bits per heavy atom. The van der Waals surface area contributed by atoms with Gasteiger partial charge in [0.05, 0.1) is 21.9 Å². The lowest BCUT2D eigenvalue weighted by molar-refractivity contribution is -0.678. The molecule has 1 aromatic heterocycles. The molecule has 4 aromatic carbocycles. The summed E-state index contributed by atoms with van der Waals surface area (Å²) in [6.07, 6.45) is 8.93. The van der Waals surface area contributed by atoms with Crippen LogP contribution in [-0.2, 0) is 16.7 Å². The normalized spacial score (nSPS) is 14.1. The number of oxazole rings is 1. The molecule has 0 N–H and O–H groups in total. The molecule has 0 bridgehead atoms. The van der Waals surface area contributed by atoms with Gasteiger partial charge in [0.1, 0.15) is 0 Å². The van der Waals surface area contributed by atoms with E-state index in [2.05, 4.69) is 116 Å². The number of fused-ring (bicyclic) bond motifs is 2. The van der Waals surface area contributed by atoms with Gasteiger partial charge in [-0.1, -0.05) is 88.5 Å². The van der Waals surface area contributed by atoms with E-state index in [1.54, 1.807) is 0 Å². The summed E-state index contributed by atoms with van der Waals surface area (Å²) >= 11 is 7.06. The smallest absolute Gasteiger partial charge is 0.374 e. The van der Waals surface area contributed by atoms with Gasteiger partial charge in [0.25, 0.3) is 5.52 Å². The van der Waals surface area contributed by atoms with E-state index < -0.39 is 10.1 Å². The maximum absolute atomic E-state index is 11.3. The molecule has 0 unspecified atom stereocenters. The third-order valence-corrected chi connectivity index (χ3v) is 10.7. The summed E-state index contributed by atoms with van der Waals surface area (Å²) in [7, 11) is -4.28. The SMILES string of the molecule is CCCCC[n+]1c(/C=C(/C=C2\Oc3ccc(-c4ccc(Br)cc4)cc3N2CCCCS(=O)(=O)[O-])CC)oc2ccc(-c3ccc(Br)cc3)cc21. The molecule has 2 heterocycles. The molecule has 7 nitrogen and oxygen atoms in total. The van der Waals surface area contributed by atoms with Crippen molar-refractivity contribution in [1.82, 2.24) is 0 Å². The maximum atomic E-state index is 11.3. The zero-order valence-electron chi connectivity index (χ0n) is 28.2. The highest BCUT2D eigenvalue weighted by atomic mass is 79.9. The van der Waals surface area contributed by atoms with Crippen molar-refractivity contribution >= 4 is 64.8 Å². The molecule has 0 saturated heterocycles. The molecule has 1 aliphatic rings.